The van der Waals surface area contributed by atoms with E-state index in [0.717, 1.165) is 37.8 Å². The highest BCUT2D eigenvalue weighted by molar-refractivity contribution is 5.17. The van der Waals surface area contributed by atoms with Crippen molar-refractivity contribution in [3.8, 4) is 0 Å². The lowest BCUT2D eigenvalue weighted by molar-refractivity contribution is 0.275. The molecular weight excluding hydrogens is 290 g/mol. The van der Waals surface area contributed by atoms with Crippen molar-refractivity contribution in [3.63, 3.8) is 0 Å². The molecule has 2 aliphatic carbocycles. The molecule has 1 saturated heterocycles. The van der Waals surface area contributed by atoms with Crippen LogP contribution in [0.2, 0.25) is 0 Å². The maximum atomic E-state index is 5.80. The van der Waals surface area contributed by atoms with Crippen molar-refractivity contribution in [3.05, 3.63) is 29.5 Å². The molecule has 0 unspecified atom stereocenters. The first kappa shape index (κ1) is 13.7. The predicted molar refractivity (Wildman–Crippen MR) is 84.1 cm³/mol. The Labute approximate surface area is 135 Å². The summed E-state index contributed by atoms with van der Waals surface area (Å²) >= 11 is 0. The lowest BCUT2D eigenvalue weighted by Gasteiger charge is -2.19. The number of fused-ring (bicyclic) bond motifs is 1. The molecule has 0 aromatic carbocycles. The van der Waals surface area contributed by atoms with E-state index in [1.807, 2.05) is 0 Å². The molecule has 0 bridgehead atoms. The summed E-state index contributed by atoms with van der Waals surface area (Å²) in [5.41, 5.74) is 2.82. The van der Waals surface area contributed by atoms with Crippen molar-refractivity contribution >= 4 is 0 Å². The van der Waals surface area contributed by atoms with E-state index < -0.39 is 0 Å². The van der Waals surface area contributed by atoms with Crippen molar-refractivity contribution in [2.75, 3.05) is 13.1 Å². The van der Waals surface area contributed by atoms with Crippen molar-refractivity contribution < 1.29 is 4.42 Å². The van der Waals surface area contributed by atoms with Gasteiger partial charge in [0.15, 0.2) is 0 Å². The Balaban J connectivity index is 1.26. The molecule has 1 atom stereocenters. The Kier molecular flexibility index (Phi) is 3.25. The Morgan fingerprint density at radius 1 is 1.13 bits per heavy atom. The summed E-state index contributed by atoms with van der Waals surface area (Å²) in [5.74, 6) is 2.17. The fraction of sp³-hybridized carbons (Fsp3) is 0.706. The number of aromatic nitrogens is 4. The van der Waals surface area contributed by atoms with E-state index in [1.165, 1.54) is 49.9 Å². The average Bonchev–Trinajstić information content (AvgIpc) is 3.00. The lowest BCUT2D eigenvalue weighted by Crippen LogP contribution is -2.22. The summed E-state index contributed by atoms with van der Waals surface area (Å²) in [7, 11) is 0. The highest BCUT2D eigenvalue weighted by Gasteiger charge is 2.31. The third-order valence-electron chi connectivity index (χ3n) is 5.47. The summed E-state index contributed by atoms with van der Waals surface area (Å²) in [6.07, 6.45) is 10.6. The molecule has 2 fully saturated rings. The number of hydrogen-bond donors (Lipinski definition) is 0. The smallest absolute Gasteiger partial charge is 0.230 e. The molecule has 2 aromatic rings. The molecule has 0 spiro atoms. The maximum absolute atomic E-state index is 5.80. The van der Waals surface area contributed by atoms with Gasteiger partial charge in [0, 0.05) is 30.7 Å². The first-order valence-corrected chi connectivity index (χ1v) is 8.96. The number of nitrogens with zero attached hydrogens (tertiary/aromatic N) is 5. The van der Waals surface area contributed by atoms with Gasteiger partial charge >= 0.3 is 0 Å². The maximum Gasteiger partial charge on any atom is 0.230 e. The second kappa shape index (κ2) is 5.44. The molecule has 6 heteroatoms. The fourth-order valence-corrected chi connectivity index (χ4v) is 4.01. The third kappa shape index (κ3) is 2.59. The van der Waals surface area contributed by atoms with Gasteiger partial charge in [0.2, 0.25) is 11.8 Å². The van der Waals surface area contributed by atoms with Crippen LogP contribution in [-0.4, -0.2) is 37.7 Å². The molecule has 1 saturated carbocycles. The zero-order chi connectivity index (χ0) is 15.2. The zero-order valence-electron chi connectivity index (χ0n) is 13.4. The molecule has 1 aliphatic heterocycles. The van der Waals surface area contributed by atoms with Gasteiger partial charge < -0.3 is 8.98 Å². The quantitative estimate of drug-likeness (QED) is 0.868. The van der Waals surface area contributed by atoms with Crippen molar-refractivity contribution in [2.24, 2.45) is 0 Å². The van der Waals surface area contributed by atoms with Crippen LogP contribution in [-0.2, 0) is 19.4 Å². The molecule has 3 aliphatic rings. The van der Waals surface area contributed by atoms with Crippen molar-refractivity contribution in [1.82, 2.24) is 24.6 Å². The normalized spacial score (nSPS) is 25.0. The first-order valence-electron chi connectivity index (χ1n) is 8.96. The number of imidazole rings is 1. The van der Waals surface area contributed by atoms with Gasteiger partial charge in [0.25, 0.3) is 0 Å². The van der Waals surface area contributed by atoms with Crippen molar-refractivity contribution in [1.29, 1.82) is 0 Å². The van der Waals surface area contributed by atoms with Crippen LogP contribution < -0.4 is 0 Å². The SMILES string of the molecule is c1nc2c(n1[C@H]1CCN(Cc3nnc(C4CC4)o3)C1)CCCC2. The standard InChI is InChI=1S/C17H23N5O/c1-2-4-15-14(3-1)18-11-22(15)13-7-8-21(9-13)10-16-19-20-17(23-16)12-5-6-12/h11-13H,1-10H2/t13-/m0/s1. The van der Waals surface area contributed by atoms with E-state index in [-0.39, 0.29) is 0 Å². The van der Waals surface area contributed by atoms with Crippen LogP contribution in [0, 0.1) is 0 Å². The number of aryl methyl sites for hydroxylation is 1. The molecular formula is C17H23N5O. The van der Waals surface area contributed by atoms with E-state index in [1.54, 1.807) is 0 Å². The molecule has 0 N–H and O–H groups in total. The summed E-state index contributed by atoms with van der Waals surface area (Å²) in [4.78, 5) is 7.08. The number of rotatable bonds is 4. The highest BCUT2D eigenvalue weighted by Crippen LogP contribution is 2.39. The van der Waals surface area contributed by atoms with E-state index in [0.29, 0.717) is 12.0 Å². The van der Waals surface area contributed by atoms with Gasteiger partial charge in [-0.3, -0.25) is 4.90 Å². The average molecular weight is 313 g/mol. The summed E-state index contributed by atoms with van der Waals surface area (Å²) in [6.45, 7) is 2.94. The van der Waals surface area contributed by atoms with Gasteiger partial charge in [0.05, 0.1) is 18.6 Å². The second-order valence-electron chi connectivity index (χ2n) is 7.24. The highest BCUT2D eigenvalue weighted by atomic mass is 16.4. The predicted octanol–water partition coefficient (Wildman–Crippen LogP) is 2.47. The van der Waals surface area contributed by atoms with Gasteiger partial charge in [-0.05, 0) is 44.9 Å². The van der Waals surface area contributed by atoms with Gasteiger partial charge in [-0.1, -0.05) is 0 Å². The fourth-order valence-electron chi connectivity index (χ4n) is 4.01. The molecule has 122 valence electrons. The van der Waals surface area contributed by atoms with E-state index in [9.17, 15) is 0 Å². The molecule has 6 nitrogen and oxygen atoms in total. The number of likely N-dealkylation sites (tertiary alicyclic amines) is 1. The summed E-state index contributed by atoms with van der Waals surface area (Å²) in [5, 5.41) is 8.41. The van der Waals surface area contributed by atoms with Gasteiger partial charge in [-0.25, -0.2) is 4.98 Å². The lowest BCUT2D eigenvalue weighted by atomic mass is 10.0. The molecule has 0 radical (unpaired) electrons. The Bertz CT molecular complexity index is 702. The Hall–Kier alpha value is -1.69. The molecule has 3 heterocycles. The topological polar surface area (TPSA) is 60.0 Å². The summed E-state index contributed by atoms with van der Waals surface area (Å²) in [6, 6.07) is 0.551. The van der Waals surface area contributed by atoms with Gasteiger partial charge in [-0.2, -0.15) is 0 Å². The van der Waals surface area contributed by atoms with E-state index >= 15 is 0 Å². The van der Waals surface area contributed by atoms with Crippen molar-refractivity contribution in [2.45, 2.75) is 63.5 Å². The van der Waals surface area contributed by atoms with Crippen LogP contribution in [0.3, 0.4) is 0 Å². The number of hydrogen-bond acceptors (Lipinski definition) is 5. The second-order valence-corrected chi connectivity index (χ2v) is 7.24. The minimum atomic E-state index is 0.542. The minimum absolute atomic E-state index is 0.542. The molecule has 0 amide bonds. The van der Waals surface area contributed by atoms with Gasteiger partial charge in [0.1, 0.15) is 0 Å². The van der Waals surface area contributed by atoms with Crippen LogP contribution in [0.4, 0.5) is 0 Å². The first-order chi connectivity index (χ1) is 11.4. The Morgan fingerprint density at radius 3 is 2.96 bits per heavy atom. The van der Waals surface area contributed by atoms with Crippen LogP contribution in [0.1, 0.15) is 67.2 Å². The van der Waals surface area contributed by atoms with E-state index in [2.05, 4.69) is 31.0 Å². The zero-order valence-corrected chi connectivity index (χ0v) is 13.4. The monoisotopic (exact) mass is 313 g/mol. The molecule has 2 aromatic heterocycles. The summed E-state index contributed by atoms with van der Waals surface area (Å²) < 4.78 is 8.25. The third-order valence-corrected chi connectivity index (χ3v) is 5.47. The Morgan fingerprint density at radius 2 is 2.04 bits per heavy atom. The van der Waals surface area contributed by atoms with Crippen LogP contribution in [0.15, 0.2) is 10.7 Å². The van der Waals surface area contributed by atoms with Crippen LogP contribution >= 0.6 is 0 Å². The molecule has 23 heavy (non-hydrogen) atoms. The van der Waals surface area contributed by atoms with Gasteiger partial charge in [-0.15, -0.1) is 10.2 Å². The largest absolute Gasteiger partial charge is 0.424 e. The minimum Gasteiger partial charge on any atom is -0.424 e. The van der Waals surface area contributed by atoms with Crippen LogP contribution in [0.5, 0.6) is 0 Å². The van der Waals surface area contributed by atoms with Crippen LogP contribution in [0.25, 0.3) is 0 Å². The molecule has 5 rings (SSSR count). The van der Waals surface area contributed by atoms with E-state index in [4.69, 9.17) is 4.42 Å².